The van der Waals surface area contributed by atoms with E-state index >= 15 is 0 Å². The molecule has 3 fully saturated rings. The van der Waals surface area contributed by atoms with E-state index in [1.54, 1.807) is 12.1 Å². The second kappa shape index (κ2) is 11.9. The summed E-state index contributed by atoms with van der Waals surface area (Å²) < 4.78 is 0. The quantitative estimate of drug-likeness (QED) is 0.296. The first-order valence-corrected chi connectivity index (χ1v) is 13.0. The number of hydrogen-bond donors (Lipinski definition) is 4. The molecule has 13 nitrogen and oxygen atoms in total. The molecule has 0 unspecified atom stereocenters. The van der Waals surface area contributed by atoms with Crippen LogP contribution in [0.2, 0.25) is 0 Å². The average molecular weight is 548 g/mol. The summed E-state index contributed by atoms with van der Waals surface area (Å²) in [4.78, 5) is 31.5. The average Bonchev–Trinajstić information content (AvgIpc) is 2.87. The maximum atomic E-state index is 11.0. The molecule has 1 aromatic heterocycles. The van der Waals surface area contributed by atoms with Gasteiger partial charge in [0.15, 0.2) is 0 Å². The number of halogens is 1. The molecule has 0 spiro atoms. The molecule has 38 heavy (non-hydrogen) atoms. The summed E-state index contributed by atoms with van der Waals surface area (Å²) in [6, 6.07) is 6.72. The highest BCUT2D eigenvalue weighted by atomic mass is 35.5. The van der Waals surface area contributed by atoms with Crippen LogP contribution in [-0.2, 0) is 0 Å². The fraction of sp³-hybridized carbons (Fsp3) is 0.625. The molecule has 4 heterocycles. The first-order chi connectivity index (χ1) is 17.7. The van der Waals surface area contributed by atoms with E-state index in [4.69, 9.17) is 37.9 Å². The van der Waals surface area contributed by atoms with E-state index in [0.717, 1.165) is 44.3 Å². The SMILES string of the molecule is Cl.N[C@@H]1C[C@H](N)CN(c2nc(N3CCC(c4ccc([N+](=O)[O-])cc4)CC3)nc(N3C[C@H](N)C[C@H](N)C3)n2)C1. The highest BCUT2D eigenvalue weighted by molar-refractivity contribution is 5.85. The molecular formula is C24H38ClN11O2. The van der Waals surface area contributed by atoms with Gasteiger partial charge in [-0.15, -0.1) is 12.4 Å². The predicted octanol–water partition coefficient (Wildman–Crippen LogP) is 0.315. The van der Waals surface area contributed by atoms with Gasteiger partial charge in [-0.2, -0.15) is 15.0 Å². The maximum absolute atomic E-state index is 11.0. The van der Waals surface area contributed by atoms with Crippen molar-refractivity contribution in [2.45, 2.75) is 55.8 Å². The summed E-state index contributed by atoms with van der Waals surface area (Å²) in [5.74, 6) is 2.11. The molecule has 5 rings (SSSR count). The van der Waals surface area contributed by atoms with Crippen molar-refractivity contribution in [2.24, 2.45) is 22.9 Å². The van der Waals surface area contributed by atoms with Gasteiger partial charge in [0.25, 0.3) is 5.69 Å². The van der Waals surface area contributed by atoms with Gasteiger partial charge in [0.2, 0.25) is 17.8 Å². The smallest absolute Gasteiger partial charge is 0.269 e. The lowest BCUT2D eigenvalue weighted by molar-refractivity contribution is -0.384. The number of anilines is 3. The zero-order valence-electron chi connectivity index (χ0n) is 21.4. The topological polar surface area (TPSA) is 196 Å². The zero-order chi connectivity index (χ0) is 26.1. The highest BCUT2D eigenvalue weighted by Crippen LogP contribution is 2.32. The van der Waals surface area contributed by atoms with Crippen molar-refractivity contribution < 1.29 is 4.92 Å². The van der Waals surface area contributed by atoms with Gasteiger partial charge in [-0.1, -0.05) is 12.1 Å². The van der Waals surface area contributed by atoms with Crippen molar-refractivity contribution in [2.75, 3.05) is 54.0 Å². The first kappa shape index (κ1) is 28.2. The minimum Gasteiger partial charge on any atom is -0.341 e. The summed E-state index contributed by atoms with van der Waals surface area (Å²) in [5.41, 5.74) is 26.3. The summed E-state index contributed by atoms with van der Waals surface area (Å²) in [6.07, 6.45) is 3.33. The summed E-state index contributed by atoms with van der Waals surface area (Å²) in [6.45, 7) is 4.08. The Morgan fingerprint density at radius 2 is 1.11 bits per heavy atom. The van der Waals surface area contributed by atoms with Gasteiger partial charge in [-0.25, -0.2) is 0 Å². The fourth-order valence-electron chi connectivity index (χ4n) is 5.73. The highest BCUT2D eigenvalue weighted by Gasteiger charge is 2.30. The molecule has 1 aromatic carbocycles. The third-order valence-electron chi connectivity index (χ3n) is 7.55. The van der Waals surface area contributed by atoms with Gasteiger partial charge in [0.05, 0.1) is 4.92 Å². The van der Waals surface area contributed by atoms with Crippen LogP contribution in [-0.4, -0.2) is 83.3 Å². The third-order valence-corrected chi connectivity index (χ3v) is 7.55. The molecule has 8 N–H and O–H groups in total. The second-order valence-corrected chi connectivity index (χ2v) is 10.7. The van der Waals surface area contributed by atoms with Gasteiger partial charge in [-0.05, 0) is 37.2 Å². The van der Waals surface area contributed by atoms with Crippen molar-refractivity contribution in [3.05, 3.63) is 39.9 Å². The number of nitro benzene ring substituents is 1. The Labute approximate surface area is 228 Å². The Morgan fingerprint density at radius 1 is 0.711 bits per heavy atom. The Bertz CT molecular complexity index is 1040. The van der Waals surface area contributed by atoms with Crippen LogP contribution in [0.3, 0.4) is 0 Å². The monoisotopic (exact) mass is 547 g/mol. The number of aromatic nitrogens is 3. The minimum atomic E-state index is -0.369. The molecule has 0 radical (unpaired) electrons. The normalized spacial score (nSPS) is 26.7. The lowest BCUT2D eigenvalue weighted by Gasteiger charge is -2.38. The van der Waals surface area contributed by atoms with Crippen LogP contribution in [0.4, 0.5) is 23.5 Å². The number of nitrogens with two attached hydrogens (primary N) is 4. The molecule has 14 heteroatoms. The largest absolute Gasteiger partial charge is 0.341 e. The lowest BCUT2D eigenvalue weighted by Crippen LogP contribution is -2.54. The predicted molar refractivity (Wildman–Crippen MR) is 150 cm³/mol. The minimum absolute atomic E-state index is 0. The van der Waals surface area contributed by atoms with Gasteiger partial charge < -0.3 is 37.6 Å². The van der Waals surface area contributed by atoms with Crippen LogP contribution in [0.1, 0.15) is 37.2 Å². The van der Waals surface area contributed by atoms with E-state index < -0.39 is 0 Å². The van der Waals surface area contributed by atoms with Gasteiger partial charge in [0, 0.05) is 75.6 Å². The Balaban J connectivity index is 0.00000336. The van der Waals surface area contributed by atoms with Crippen LogP contribution >= 0.6 is 12.4 Å². The maximum Gasteiger partial charge on any atom is 0.269 e. The van der Waals surface area contributed by atoms with Crippen molar-refractivity contribution in [1.29, 1.82) is 0 Å². The lowest BCUT2D eigenvalue weighted by atomic mass is 9.89. The van der Waals surface area contributed by atoms with Gasteiger partial charge in [0.1, 0.15) is 0 Å². The van der Waals surface area contributed by atoms with Crippen molar-refractivity contribution >= 4 is 35.9 Å². The Kier molecular flexibility index (Phi) is 8.83. The number of piperidine rings is 3. The van der Waals surface area contributed by atoms with Gasteiger partial charge in [-0.3, -0.25) is 10.1 Å². The van der Waals surface area contributed by atoms with Crippen LogP contribution < -0.4 is 37.6 Å². The number of non-ortho nitro benzene ring substituents is 1. The number of benzene rings is 1. The van der Waals surface area contributed by atoms with Crippen molar-refractivity contribution in [3.63, 3.8) is 0 Å². The second-order valence-electron chi connectivity index (χ2n) is 10.7. The van der Waals surface area contributed by atoms with E-state index in [0.29, 0.717) is 49.9 Å². The number of hydrogen-bond acceptors (Lipinski definition) is 12. The van der Waals surface area contributed by atoms with Crippen LogP contribution in [0.25, 0.3) is 0 Å². The number of nitro groups is 1. The Morgan fingerprint density at radius 3 is 1.50 bits per heavy atom. The van der Waals surface area contributed by atoms with Crippen LogP contribution in [0.15, 0.2) is 24.3 Å². The molecule has 0 saturated carbocycles. The molecule has 0 amide bonds. The van der Waals surface area contributed by atoms with E-state index in [9.17, 15) is 10.1 Å². The van der Waals surface area contributed by atoms with Crippen LogP contribution in [0.5, 0.6) is 0 Å². The molecule has 3 saturated heterocycles. The molecule has 0 aliphatic carbocycles. The number of rotatable bonds is 5. The van der Waals surface area contributed by atoms with Gasteiger partial charge >= 0.3 is 0 Å². The number of nitrogens with zero attached hydrogens (tertiary/aromatic N) is 7. The molecular weight excluding hydrogens is 510 g/mol. The van der Waals surface area contributed by atoms with E-state index in [1.807, 2.05) is 12.1 Å². The van der Waals surface area contributed by atoms with Crippen LogP contribution in [0, 0.1) is 10.1 Å². The van der Waals surface area contributed by atoms with Crippen molar-refractivity contribution in [1.82, 2.24) is 15.0 Å². The van der Waals surface area contributed by atoms with E-state index in [1.165, 1.54) is 0 Å². The summed E-state index contributed by atoms with van der Waals surface area (Å²) >= 11 is 0. The summed E-state index contributed by atoms with van der Waals surface area (Å²) in [5, 5.41) is 11.0. The molecule has 0 bridgehead atoms. The molecule has 208 valence electrons. The molecule has 4 atom stereocenters. The molecule has 3 aliphatic heterocycles. The standard InChI is InChI=1S/C24H37N11O2.ClH/c25-17-9-18(26)12-33(11-17)23-29-22(30-24(31-23)34-13-19(27)10-20(28)14-34)32-7-5-16(6-8-32)15-1-3-21(4-2-15)35(36)37;/h1-4,16-20H,5-14,25-28H2;1H/t17-,18+,19-,20+;. The summed E-state index contributed by atoms with van der Waals surface area (Å²) in [7, 11) is 0. The third kappa shape index (κ3) is 6.41. The fourth-order valence-corrected chi connectivity index (χ4v) is 5.73. The molecule has 3 aliphatic rings. The Hall–Kier alpha value is -2.84. The molecule has 2 aromatic rings. The van der Waals surface area contributed by atoms with E-state index in [-0.39, 0.29) is 47.2 Å². The zero-order valence-corrected chi connectivity index (χ0v) is 22.2. The van der Waals surface area contributed by atoms with Crippen molar-refractivity contribution in [3.8, 4) is 0 Å². The van der Waals surface area contributed by atoms with E-state index in [2.05, 4.69) is 14.7 Å². The first-order valence-electron chi connectivity index (χ1n) is 13.0.